The molecule has 0 radical (unpaired) electrons. The van der Waals surface area contributed by atoms with Crippen LogP contribution in [-0.2, 0) is 26.2 Å². The van der Waals surface area contributed by atoms with Crippen LogP contribution in [0.15, 0.2) is 71.6 Å². The first-order valence-electron chi connectivity index (χ1n) is 14.1. The number of carbonyl (C=O) groups is 2. The number of benzene rings is 3. The number of amides is 2. The van der Waals surface area contributed by atoms with Gasteiger partial charge in [-0.1, -0.05) is 43.2 Å². The molecular weight excluding hydrogens is 570 g/mol. The SMILES string of the molecule is CCCCNC(=O)[C@@H](C)N(Cc1ccc(OC)cc1)C(=O)CN(c1cc(OC)ccc1OC)S(=O)(=O)c1ccc(C)cc1. The predicted molar refractivity (Wildman–Crippen MR) is 166 cm³/mol. The molecule has 0 saturated heterocycles. The van der Waals surface area contributed by atoms with Crippen molar-refractivity contribution in [2.45, 2.75) is 51.1 Å². The van der Waals surface area contributed by atoms with Crippen molar-refractivity contribution in [3.05, 3.63) is 77.9 Å². The van der Waals surface area contributed by atoms with Gasteiger partial charge >= 0.3 is 0 Å². The number of hydrogen-bond acceptors (Lipinski definition) is 7. The van der Waals surface area contributed by atoms with E-state index in [0.717, 1.165) is 28.3 Å². The van der Waals surface area contributed by atoms with Crippen LogP contribution in [-0.4, -0.2) is 65.6 Å². The Hall–Kier alpha value is -4.25. The number of nitrogens with zero attached hydrogens (tertiary/aromatic N) is 2. The molecular formula is C32H41N3O7S. The average Bonchev–Trinajstić information content (AvgIpc) is 3.02. The molecule has 232 valence electrons. The van der Waals surface area contributed by atoms with Gasteiger partial charge in [0.05, 0.1) is 31.9 Å². The van der Waals surface area contributed by atoms with Crippen LogP contribution in [0, 0.1) is 6.92 Å². The van der Waals surface area contributed by atoms with Crippen molar-refractivity contribution in [2.24, 2.45) is 0 Å². The second-order valence-electron chi connectivity index (χ2n) is 10.1. The van der Waals surface area contributed by atoms with Gasteiger partial charge in [-0.2, -0.15) is 0 Å². The van der Waals surface area contributed by atoms with Crippen LogP contribution in [0.25, 0.3) is 0 Å². The molecule has 43 heavy (non-hydrogen) atoms. The van der Waals surface area contributed by atoms with Crippen molar-refractivity contribution in [1.29, 1.82) is 0 Å². The third-order valence-electron chi connectivity index (χ3n) is 7.05. The Kier molecular flexibility index (Phi) is 11.8. The molecule has 0 aliphatic carbocycles. The molecule has 0 heterocycles. The van der Waals surface area contributed by atoms with E-state index in [2.05, 4.69) is 5.32 Å². The summed E-state index contributed by atoms with van der Waals surface area (Å²) in [7, 11) is 0.172. The van der Waals surface area contributed by atoms with E-state index in [1.807, 2.05) is 13.8 Å². The number of ether oxygens (including phenoxy) is 3. The Bertz CT molecular complexity index is 1480. The number of carbonyl (C=O) groups excluding carboxylic acids is 2. The maximum Gasteiger partial charge on any atom is 0.264 e. The average molecular weight is 612 g/mol. The van der Waals surface area contributed by atoms with E-state index in [4.69, 9.17) is 14.2 Å². The highest BCUT2D eigenvalue weighted by Crippen LogP contribution is 2.36. The van der Waals surface area contributed by atoms with E-state index in [9.17, 15) is 18.0 Å². The standard InChI is InChI=1S/C32H41N3O7S/c1-7-8-19-33-32(37)24(3)34(21-25-11-13-26(40-4)14-12-25)31(36)22-35(29-20-27(41-5)15-18-30(29)42-6)43(38,39)28-16-9-23(2)10-17-28/h9-18,20,24H,7-8,19,21-22H2,1-6H3,(H,33,37)/t24-/m1/s1. The number of rotatable bonds is 15. The maximum absolute atomic E-state index is 14.2. The van der Waals surface area contributed by atoms with Crippen molar-refractivity contribution in [2.75, 3.05) is 38.7 Å². The summed E-state index contributed by atoms with van der Waals surface area (Å²) in [5, 5.41) is 2.88. The maximum atomic E-state index is 14.2. The molecule has 1 atom stereocenters. The number of sulfonamides is 1. The van der Waals surface area contributed by atoms with Crippen molar-refractivity contribution in [3.63, 3.8) is 0 Å². The highest BCUT2D eigenvalue weighted by atomic mass is 32.2. The summed E-state index contributed by atoms with van der Waals surface area (Å²) in [5.74, 6) is 0.353. The number of hydrogen-bond donors (Lipinski definition) is 1. The number of unbranched alkanes of at least 4 members (excludes halogenated alkanes) is 1. The molecule has 3 aromatic rings. The molecule has 0 unspecified atom stereocenters. The number of nitrogens with one attached hydrogen (secondary N) is 1. The molecule has 10 nitrogen and oxygen atoms in total. The first kappa shape index (κ1) is 33.3. The van der Waals surface area contributed by atoms with Crippen LogP contribution in [0.5, 0.6) is 17.2 Å². The summed E-state index contributed by atoms with van der Waals surface area (Å²) < 4.78 is 45.4. The van der Waals surface area contributed by atoms with Gasteiger partial charge in [0.15, 0.2) is 0 Å². The van der Waals surface area contributed by atoms with Gasteiger partial charge in [0.1, 0.15) is 29.8 Å². The molecule has 0 aromatic heterocycles. The van der Waals surface area contributed by atoms with E-state index in [0.29, 0.717) is 18.0 Å². The lowest BCUT2D eigenvalue weighted by atomic mass is 10.1. The molecule has 0 bridgehead atoms. The Morgan fingerprint density at radius 3 is 2.09 bits per heavy atom. The van der Waals surface area contributed by atoms with Gasteiger partial charge in [-0.15, -0.1) is 0 Å². The summed E-state index contributed by atoms with van der Waals surface area (Å²) in [5.41, 5.74) is 1.75. The number of methoxy groups -OCH3 is 3. The number of anilines is 1. The lowest BCUT2D eigenvalue weighted by Crippen LogP contribution is -2.51. The fraction of sp³-hybridized carbons (Fsp3) is 0.375. The van der Waals surface area contributed by atoms with Crippen molar-refractivity contribution >= 4 is 27.5 Å². The van der Waals surface area contributed by atoms with Gasteiger partial charge in [-0.3, -0.25) is 13.9 Å². The van der Waals surface area contributed by atoms with Gasteiger partial charge < -0.3 is 24.4 Å². The minimum absolute atomic E-state index is 0.00262. The van der Waals surface area contributed by atoms with Gasteiger partial charge in [0.25, 0.3) is 10.0 Å². The lowest BCUT2D eigenvalue weighted by Gasteiger charge is -2.32. The van der Waals surface area contributed by atoms with Crippen LogP contribution >= 0.6 is 0 Å². The molecule has 0 aliphatic rings. The molecule has 0 saturated carbocycles. The zero-order valence-electron chi connectivity index (χ0n) is 25.6. The summed E-state index contributed by atoms with van der Waals surface area (Å²) in [6, 6.07) is 17.3. The van der Waals surface area contributed by atoms with E-state index in [-0.39, 0.29) is 28.8 Å². The second-order valence-corrected chi connectivity index (χ2v) is 11.9. The molecule has 0 spiro atoms. The Morgan fingerprint density at radius 1 is 0.884 bits per heavy atom. The predicted octanol–water partition coefficient (Wildman–Crippen LogP) is 4.55. The van der Waals surface area contributed by atoms with Crippen LogP contribution in [0.1, 0.15) is 37.8 Å². The van der Waals surface area contributed by atoms with Gasteiger partial charge in [-0.25, -0.2) is 8.42 Å². The zero-order valence-corrected chi connectivity index (χ0v) is 26.4. The first-order chi connectivity index (χ1) is 20.5. The van der Waals surface area contributed by atoms with Gasteiger partial charge in [0, 0.05) is 19.2 Å². The smallest absolute Gasteiger partial charge is 0.264 e. The van der Waals surface area contributed by atoms with E-state index < -0.39 is 28.5 Å². The topological polar surface area (TPSA) is 114 Å². The van der Waals surface area contributed by atoms with E-state index in [1.54, 1.807) is 62.6 Å². The van der Waals surface area contributed by atoms with E-state index >= 15 is 0 Å². The van der Waals surface area contributed by atoms with Gasteiger partial charge in [0.2, 0.25) is 11.8 Å². The minimum Gasteiger partial charge on any atom is -0.497 e. The highest BCUT2D eigenvalue weighted by molar-refractivity contribution is 7.92. The van der Waals surface area contributed by atoms with Crippen molar-refractivity contribution in [1.82, 2.24) is 10.2 Å². The van der Waals surface area contributed by atoms with Crippen LogP contribution in [0.2, 0.25) is 0 Å². The molecule has 1 N–H and O–H groups in total. The fourth-order valence-corrected chi connectivity index (χ4v) is 5.81. The monoisotopic (exact) mass is 611 g/mol. The summed E-state index contributed by atoms with van der Waals surface area (Å²) in [4.78, 5) is 28.7. The number of aryl methyl sites for hydroxylation is 1. The third kappa shape index (κ3) is 8.41. The second kappa shape index (κ2) is 15.3. The van der Waals surface area contributed by atoms with Crippen molar-refractivity contribution < 1.29 is 32.2 Å². The fourth-order valence-electron chi connectivity index (χ4n) is 4.39. The first-order valence-corrected chi connectivity index (χ1v) is 15.5. The minimum atomic E-state index is -4.27. The Balaban J connectivity index is 2.08. The highest BCUT2D eigenvalue weighted by Gasteiger charge is 2.34. The summed E-state index contributed by atoms with van der Waals surface area (Å²) in [6.07, 6.45) is 1.69. The summed E-state index contributed by atoms with van der Waals surface area (Å²) >= 11 is 0. The third-order valence-corrected chi connectivity index (χ3v) is 8.83. The molecule has 11 heteroatoms. The lowest BCUT2D eigenvalue weighted by molar-refractivity contribution is -0.139. The zero-order chi connectivity index (χ0) is 31.6. The van der Waals surface area contributed by atoms with Crippen LogP contribution in [0.3, 0.4) is 0 Å². The Morgan fingerprint density at radius 2 is 1.51 bits per heavy atom. The largest absolute Gasteiger partial charge is 0.497 e. The van der Waals surface area contributed by atoms with E-state index in [1.165, 1.54) is 37.3 Å². The molecule has 3 rings (SSSR count). The molecule has 3 aromatic carbocycles. The van der Waals surface area contributed by atoms with Crippen LogP contribution in [0.4, 0.5) is 5.69 Å². The summed E-state index contributed by atoms with van der Waals surface area (Å²) in [6.45, 7) is 5.45. The quantitative estimate of drug-likeness (QED) is 0.251. The molecule has 0 aliphatic heterocycles. The van der Waals surface area contributed by atoms with Crippen LogP contribution < -0.4 is 23.8 Å². The molecule has 0 fully saturated rings. The Labute approximate surface area is 254 Å². The normalized spacial score (nSPS) is 11.8. The van der Waals surface area contributed by atoms with Gasteiger partial charge in [-0.05, 0) is 62.2 Å². The molecule has 2 amide bonds. The van der Waals surface area contributed by atoms with Crippen molar-refractivity contribution in [3.8, 4) is 17.2 Å².